The Hall–Kier alpha value is -3.55. The third-order valence-electron chi connectivity index (χ3n) is 22.6. The topological polar surface area (TPSA) is 307 Å². The van der Waals surface area contributed by atoms with E-state index in [9.17, 15) is 61.0 Å². The summed E-state index contributed by atoms with van der Waals surface area (Å²) in [6.45, 7) is 1.65. The van der Waals surface area contributed by atoms with E-state index in [1.807, 2.05) is 6.08 Å². The third kappa shape index (κ3) is 52.4. The highest BCUT2D eigenvalue weighted by atomic mass is 16.8. The van der Waals surface area contributed by atoms with Crippen molar-refractivity contribution in [3.05, 3.63) is 109 Å². The van der Waals surface area contributed by atoms with Gasteiger partial charge in [-0.3, -0.25) is 4.79 Å². The van der Waals surface area contributed by atoms with E-state index < -0.39 is 124 Å². The maximum absolute atomic E-state index is 13.5. The number of amides is 1. The van der Waals surface area contributed by atoms with Crippen LogP contribution in [0.5, 0.6) is 0 Å². The molecule has 0 spiro atoms. The second-order valence-electron chi connectivity index (χ2n) is 32.7. The zero-order chi connectivity index (χ0) is 83.1. The van der Waals surface area contributed by atoms with E-state index >= 15 is 0 Å². The molecule has 3 rings (SSSR count). The third-order valence-corrected chi connectivity index (χ3v) is 22.6. The maximum atomic E-state index is 13.5. The second kappa shape index (κ2) is 74.3. The number of hydrogen-bond acceptors (Lipinski definition) is 18. The molecule has 3 aliphatic rings. The molecule has 0 aromatic rings. The molecule has 3 heterocycles. The molecule has 3 saturated heterocycles. The van der Waals surface area contributed by atoms with Crippen LogP contribution in [0.25, 0.3) is 0 Å². The highest BCUT2D eigenvalue weighted by molar-refractivity contribution is 5.76. The van der Waals surface area contributed by atoms with Crippen molar-refractivity contribution in [2.45, 2.75) is 465 Å². The van der Waals surface area contributed by atoms with Gasteiger partial charge in [-0.1, -0.05) is 374 Å². The Morgan fingerprint density at radius 1 is 0.322 bits per heavy atom. The molecule has 19 heteroatoms. The lowest BCUT2D eigenvalue weighted by Gasteiger charge is -2.48. The van der Waals surface area contributed by atoms with Crippen molar-refractivity contribution >= 4 is 5.91 Å². The van der Waals surface area contributed by atoms with Gasteiger partial charge >= 0.3 is 0 Å². The normalized spacial score (nSPS) is 25.1. The predicted molar refractivity (Wildman–Crippen MR) is 466 cm³/mol. The molecule has 3 aliphatic heterocycles. The summed E-state index contributed by atoms with van der Waals surface area (Å²) in [4.78, 5) is 13.5. The predicted octanol–water partition coefficient (Wildman–Crippen LogP) is 18.4. The lowest BCUT2D eigenvalue weighted by Crippen LogP contribution is -2.66. The van der Waals surface area contributed by atoms with Crippen molar-refractivity contribution in [2.24, 2.45) is 0 Å². The average molecular weight is 1630 g/mol. The van der Waals surface area contributed by atoms with E-state index in [2.05, 4.69) is 116 Å². The highest BCUT2D eigenvalue weighted by Crippen LogP contribution is 2.34. The zero-order valence-corrected chi connectivity index (χ0v) is 72.0. The Morgan fingerprint density at radius 2 is 0.609 bits per heavy atom. The molecule has 17 unspecified atom stereocenters. The Bertz CT molecular complexity index is 2500. The van der Waals surface area contributed by atoms with Crippen LogP contribution in [0, 0.1) is 0 Å². The van der Waals surface area contributed by atoms with Gasteiger partial charge in [0, 0.05) is 6.42 Å². The van der Waals surface area contributed by atoms with Gasteiger partial charge in [-0.15, -0.1) is 0 Å². The summed E-state index contributed by atoms with van der Waals surface area (Å²) in [7, 11) is 0. The molecule has 0 saturated carbocycles. The molecule has 0 aromatic heterocycles. The van der Waals surface area contributed by atoms with Gasteiger partial charge in [0.15, 0.2) is 18.9 Å². The van der Waals surface area contributed by atoms with Crippen LogP contribution in [0.3, 0.4) is 0 Å². The summed E-state index contributed by atoms with van der Waals surface area (Å²) < 4.78 is 34.5. The van der Waals surface area contributed by atoms with Gasteiger partial charge in [-0.2, -0.15) is 0 Å². The number of allylic oxidation sites excluding steroid dienone is 17. The molecule has 3 fully saturated rings. The summed E-state index contributed by atoms with van der Waals surface area (Å²) >= 11 is 0. The van der Waals surface area contributed by atoms with Gasteiger partial charge in [0.1, 0.15) is 73.2 Å². The summed E-state index contributed by atoms with van der Waals surface area (Å²) in [5, 5.41) is 121. The van der Waals surface area contributed by atoms with Gasteiger partial charge in [0.25, 0.3) is 0 Å². The number of nitrogens with one attached hydrogen (secondary N) is 1. The van der Waals surface area contributed by atoms with E-state index in [0.29, 0.717) is 12.8 Å². The van der Waals surface area contributed by atoms with Gasteiger partial charge in [-0.25, -0.2) is 0 Å². The molecule has 666 valence electrons. The van der Waals surface area contributed by atoms with Crippen LogP contribution < -0.4 is 5.32 Å². The number of aliphatic hydroxyl groups excluding tert-OH is 11. The fraction of sp³-hybridized carbons (Fsp3) is 0.802. The second-order valence-corrected chi connectivity index (χ2v) is 32.7. The molecule has 0 aliphatic carbocycles. The van der Waals surface area contributed by atoms with Crippen LogP contribution in [-0.2, 0) is 33.2 Å². The number of ether oxygens (including phenoxy) is 6. The standard InChI is InChI=1S/C96H169NO18/c1-3-5-7-9-11-13-15-17-19-21-23-25-27-29-31-33-34-35-36-37-38-39-40-41-42-43-44-46-48-50-52-54-56-58-60-62-64-66-68-70-72-74-84(102)97-79(80(101)73-71-69-67-65-63-61-59-57-55-53-51-49-47-45-32-30-28-26-24-22-20-18-16-14-12-10-8-6-4-2)78-110-94-90(108)87(105)92(82(76-99)112-94)115-96-91(109)88(106)93(83(77-100)113-96)114-95-89(107)86(104)85(103)81(75-98)111-95/h5,7,11,13,17,19,23,25,29,31,34-35,37-38,63,65,71,73,79-83,85-96,98-101,103-109H,3-4,6,8-10,12,14-16,18,20-22,24,26-28,30,32-33,36,39-62,64,66-70,72,74-78H2,1-2H3,(H,97,102)/b7-5-,13-11-,19-17-,25-23-,31-29-,35-34-,38-37-,65-63+,73-71+. The van der Waals surface area contributed by atoms with Crippen LogP contribution in [0.15, 0.2) is 109 Å². The first kappa shape index (κ1) is 106. The largest absolute Gasteiger partial charge is 0.394 e. The molecule has 1 amide bonds. The van der Waals surface area contributed by atoms with Gasteiger partial charge in [0.2, 0.25) is 5.91 Å². The van der Waals surface area contributed by atoms with E-state index in [4.69, 9.17) is 28.4 Å². The number of rotatable bonds is 75. The van der Waals surface area contributed by atoms with Crippen LogP contribution in [-0.4, -0.2) is 193 Å². The Labute approximate surface area is 697 Å². The van der Waals surface area contributed by atoms with Crippen LogP contribution in [0.4, 0.5) is 0 Å². The quantitative estimate of drug-likeness (QED) is 0.0199. The number of aliphatic hydroxyl groups is 11. The number of carbonyl (C=O) groups excluding carboxylic acids is 1. The molecule has 17 atom stereocenters. The van der Waals surface area contributed by atoms with Crippen molar-refractivity contribution in [1.82, 2.24) is 5.32 Å². The molecule has 19 nitrogen and oxygen atoms in total. The molecular formula is C96H169NO18. The number of unbranched alkanes of at least 4 members (excludes halogenated alkanes) is 43. The minimum Gasteiger partial charge on any atom is -0.394 e. The van der Waals surface area contributed by atoms with Crippen molar-refractivity contribution < 1.29 is 89.4 Å². The van der Waals surface area contributed by atoms with E-state index in [0.717, 1.165) is 83.5 Å². The lowest BCUT2D eigenvalue weighted by molar-refractivity contribution is -0.379. The number of hydrogen-bond donors (Lipinski definition) is 12. The summed E-state index contributed by atoms with van der Waals surface area (Å²) in [6, 6.07) is -0.996. The summed E-state index contributed by atoms with van der Waals surface area (Å²) in [6.07, 6.45) is 78.2. The van der Waals surface area contributed by atoms with Crippen LogP contribution in [0.1, 0.15) is 361 Å². The van der Waals surface area contributed by atoms with Crippen LogP contribution in [0.2, 0.25) is 0 Å². The first-order chi connectivity index (χ1) is 56.3. The van der Waals surface area contributed by atoms with Crippen LogP contribution >= 0.6 is 0 Å². The Morgan fingerprint density at radius 3 is 0.974 bits per heavy atom. The van der Waals surface area contributed by atoms with Crippen molar-refractivity contribution in [1.29, 1.82) is 0 Å². The Kier molecular flexibility index (Phi) is 68.2. The molecule has 0 aromatic carbocycles. The maximum Gasteiger partial charge on any atom is 0.220 e. The summed E-state index contributed by atoms with van der Waals surface area (Å²) in [5.41, 5.74) is 0. The highest BCUT2D eigenvalue weighted by Gasteiger charge is 2.54. The van der Waals surface area contributed by atoms with Gasteiger partial charge in [0.05, 0.1) is 38.6 Å². The molecule has 12 N–H and O–H groups in total. The van der Waals surface area contributed by atoms with E-state index in [1.54, 1.807) is 6.08 Å². The fourth-order valence-electron chi connectivity index (χ4n) is 15.2. The number of carbonyl (C=O) groups is 1. The fourth-order valence-corrected chi connectivity index (χ4v) is 15.2. The monoisotopic (exact) mass is 1620 g/mol. The van der Waals surface area contributed by atoms with Gasteiger partial charge < -0.3 is 89.9 Å². The van der Waals surface area contributed by atoms with Crippen molar-refractivity contribution in [2.75, 3.05) is 26.4 Å². The summed E-state index contributed by atoms with van der Waals surface area (Å²) in [5.74, 6) is -0.282. The molecular weight excluding hydrogens is 1460 g/mol. The first-order valence-corrected chi connectivity index (χ1v) is 46.6. The van der Waals surface area contributed by atoms with Gasteiger partial charge in [-0.05, 0) is 89.9 Å². The minimum atomic E-state index is -1.99. The molecule has 0 radical (unpaired) electrons. The lowest BCUT2D eigenvalue weighted by atomic mass is 9.96. The average Bonchev–Trinajstić information content (AvgIpc) is 0.778. The smallest absolute Gasteiger partial charge is 0.220 e. The minimum absolute atomic E-state index is 0.234. The first-order valence-electron chi connectivity index (χ1n) is 46.6. The van der Waals surface area contributed by atoms with Crippen molar-refractivity contribution in [3.63, 3.8) is 0 Å². The molecule has 0 bridgehead atoms. The Balaban J connectivity index is 1.31. The molecule has 115 heavy (non-hydrogen) atoms. The zero-order valence-electron chi connectivity index (χ0n) is 72.0. The SMILES string of the molecule is CC/C=C\C/C=C\C/C=C\C/C=C\C/C=C\C/C=C\C/C=C\CCCCCCCCCCCCCCCCCCCCCC(=O)NC(COC1OC(CO)C(OC2OC(CO)C(OC3OC(CO)C(O)C(O)C3O)C(O)C2O)C(O)C1O)C(O)/C=C/CC/C=C/CCCCCCCCCCCCCCCCCCCCCCCCC. The van der Waals surface area contributed by atoms with Crippen molar-refractivity contribution in [3.8, 4) is 0 Å². The van der Waals surface area contributed by atoms with E-state index in [1.165, 1.54) is 244 Å². The van der Waals surface area contributed by atoms with E-state index in [-0.39, 0.29) is 18.9 Å².